The van der Waals surface area contributed by atoms with E-state index in [2.05, 4.69) is 25.2 Å². The summed E-state index contributed by atoms with van der Waals surface area (Å²) >= 11 is 0. The van der Waals surface area contributed by atoms with Crippen LogP contribution in [0.5, 0.6) is 0 Å². The summed E-state index contributed by atoms with van der Waals surface area (Å²) in [5.74, 6) is 0.931. The quantitative estimate of drug-likeness (QED) is 0.850. The molecule has 138 valence electrons. The number of amides is 2. The minimum Gasteiger partial charge on any atom is -0.356 e. The molecule has 0 bridgehead atoms. The maximum Gasteiger partial charge on any atom is 0.230 e. The van der Waals surface area contributed by atoms with E-state index in [9.17, 15) is 9.59 Å². The fraction of sp³-hybridized carbons (Fsp3) is 0.619. The van der Waals surface area contributed by atoms with Gasteiger partial charge in [-0.05, 0) is 63.1 Å². The second-order valence-corrected chi connectivity index (χ2v) is 7.61. The van der Waals surface area contributed by atoms with Crippen LogP contribution in [0.1, 0.15) is 52.0 Å². The number of nitrogens with one attached hydrogen (secondary N) is 1. The molecule has 1 saturated carbocycles. The van der Waals surface area contributed by atoms with Crippen molar-refractivity contribution in [3.8, 4) is 0 Å². The van der Waals surface area contributed by atoms with Crippen LogP contribution in [-0.4, -0.2) is 24.9 Å². The van der Waals surface area contributed by atoms with Crippen molar-refractivity contribution in [1.82, 2.24) is 5.32 Å². The van der Waals surface area contributed by atoms with Gasteiger partial charge in [0.2, 0.25) is 11.8 Å². The third-order valence-corrected chi connectivity index (χ3v) is 5.03. The van der Waals surface area contributed by atoms with Gasteiger partial charge in [0.1, 0.15) is 0 Å². The lowest BCUT2D eigenvalue weighted by atomic mass is 9.80. The highest BCUT2D eigenvalue weighted by Crippen LogP contribution is 2.31. The highest BCUT2D eigenvalue weighted by molar-refractivity contribution is 5.95. The minimum absolute atomic E-state index is 0.0367. The zero-order valence-corrected chi connectivity index (χ0v) is 16.0. The van der Waals surface area contributed by atoms with Crippen molar-refractivity contribution in [2.24, 2.45) is 17.8 Å². The Morgan fingerprint density at radius 3 is 2.36 bits per heavy atom. The second-order valence-electron chi connectivity index (χ2n) is 7.61. The van der Waals surface area contributed by atoms with Gasteiger partial charge in [0.15, 0.2) is 0 Å². The SMILES string of the molecule is CCN(C(=O)C1CCC(C(=O)NCC(C)C)CC1)c1cccc(C)c1. The first kappa shape index (κ1) is 19.5. The van der Waals surface area contributed by atoms with E-state index in [4.69, 9.17) is 0 Å². The lowest BCUT2D eigenvalue weighted by molar-refractivity contribution is -0.129. The van der Waals surface area contributed by atoms with Crippen LogP contribution in [-0.2, 0) is 9.59 Å². The minimum atomic E-state index is 0.0367. The van der Waals surface area contributed by atoms with Crippen molar-refractivity contribution in [1.29, 1.82) is 0 Å². The number of carbonyl (C=O) groups excluding carboxylic acids is 2. The molecule has 25 heavy (non-hydrogen) atoms. The fourth-order valence-corrected chi connectivity index (χ4v) is 3.53. The topological polar surface area (TPSA) is 49.4 Å². The van der Waals surface area contributed by atoms with Gasteiger partial charge < -0.3 is 10.2 Å². The van der Waals surface area contributed by atoms with Crippen LogP contribution >= 0.6 is 0 Å². The van der Waals surface area contributed by atoms with E-state index in [1.807, 2.05) is 36.9 Å². The third kappa shape index (κ3) is 5.32. The van der Waals surface area contributed by atoms with E-state index in [1.54, 1.807) is 0 Å². The summed E-state index contributed by atoms with van der Waals surface area (Å²) in [6, 6.07) is 8.10. The largest absolute Gasteiger partial charge is 0.356 e. The fourth-order valence-electron chi connectivity index (χ4n) is 3.53. The van der Waals surface area contributed by atoms with Gasteiger partial charge in [0.25, 0.3) is 0 Å². The van der Waals surface area contributed by atoms with Crippen LogP contribution in [0.2, 0.25) is 0 Å². The average molecular weight is 344 g/mol. The molecule has 0 aromatic heterocycles. The van der Waals surface area contributed by atoms with Gasteiger partial charge in [0, 0.05) is 30.6 Å². The first-order chi connectivity index (χ1) is 11.9. The smallest absolute Gasteiger partial charge is 0.230 e. The molecule has 4 heteroatoms. The molecule has 1 aromatic carbocycles. The van der Waals surface area contributed by atoms with Crippen molar-refractivity contribution in [2.75, 3.05) is 18.0 Å². The van der Waals surface area contributed by atoms with Gasteiger partial charge >= 0.3 is 0 Å². The molecular weight excluding hydrogens is 312 g/mol. The Morgan fingerprint density at radius 1 is 1.16 bits per heavy atom. The molecule has 4 nitrogen and oxygen atoms in total. The van der Waals surface area contributed by atoms with Crippen molar-refractivity contribution >= 4 is 17.5 Å². The van der Waals surface area contributed by atoms with Crippen LogP contribution in [0.3, 0.4) is 0 Å². The maximum atomic E-state index is 13.0. The van der Waals surface area contributed by atoms with Gasteiger partial charge in [-0.1, -0.05) is 26.0 Å². The number of hydrogen-bond acceptors (Lipinski definition) is 2. The molecule has 0 heterocycles. The van der Waals surface area contributed by atoms with E-state index in [-0.39, 0.29) is 23.7 Å². The van der Waals surface area contributed by atoms with Crippen LogP contribution in [0, 0.1) is 24.7 Å². The lowest BCUT2D eigenvalue weighted by Gasteiger charge is -2.31. The molecule has 1 fully saturated rings. The average Bonchev–Trinajstić information content (AvgIpc) is 2.60. The van der Waals surface area contributed by atoms with E-state index < -0.39 is 0 Å². The molecule has 2 rings (SSSR count). The first-order valence-corrected chi connectivity index (χ1v) is 9.58. The van der Waals surface area contributed by atoms with Crippen LogP contribution < -0.4 is 10.2 Å². The van der Waals surface area contributed by atoms with Gasteiger partial charge in [-0.2, -0.15) is 0 Å². The Morgan fingerprint density at radius 2 is 1.80 bits per heavy atom. The molecule has 0 radical (unpaired) electrons. The number of hydrogen-bond donors (Lipinski definition) is 1. The second kappa shape index (κ2) is 9.02. The number of aryl methyl sites for hydroxylation is 1. The Balaban J connectivity index is 1.92. The standard InChI is InChI=1S/C21H32N2O2/c1-5-23(19-8-6-7-16(4)13-19)21(25)18-11-9-17(10-12-18)20(24)22-14-15(2)3/h6-8,13,15,17-18H,5,9-12,14H2,1-4H3,(H,22,24). The summed E-state index contributed by atoms with van der Waals surface area (Å²) in [5.41, 5.74) is 2.14. The van der Waals surface area contributed by atoms with E-state index in [0.717, 1.165) is 43.5 Å². The number of rotatable bonds is 6. The first-order valence-electron chi connectivity index (χ1n) is 9.58. The molecule has 1 aliphatic rings. The Hall–Kier alpha value is -1.84. The van der Waals surface area contributed by atoms with Crippen LogP contribution in [0.4, 0.5) is 5.69 Å². The zero-order valence-electron chi connectivity index (χ0n) is 16.0. The molecular formula is C21H32N2O2. The monoisotopic (exact) mass is 344 g/mol. The molecule has 2 amide bonds. The highest BCUT2D eigenvalue weighted by Gasteiger charge is 2.32. The van der Waals surface area contributed by atoms with Gasteiger partial charge in [-0.15, -0.1) is 0 Å². The molecule has 0 aliphatic heterocycles. The van der Waals surface area contributed by atoms with Gasteiger partial charge in [-0.3, -0.25) is 9.59 Å². The summed E-state index contributed by atoms with van der Waals surface area (Å²) in [7, 11) is 0. The van der Waals surface area contributed by atoms with Crippen molar-refractivity contribution in [2.45, 2.75) is 53.4 Å². The zero-order chi connectivity index (χ0) is 18.4. The highest BCUT2D eigenvalue weighted by atomic mass is 16.2. The summed E-state index contributed by atoms with van der Waals surface area (Å²) in [4.78, 5) is 27.1. The molecule has 0 atom stereocenters. The number of anilines is 1. The van der Waals surface area contributed by atoms with Gasteiger partial charge in [0.05, 0.1) is 0 Å². The number of nitrogens with zero attached hydrogens (tertiary/aromatic N) is 1. The summed E-state index contributed by atoms with van der Waals surface area (Å²) < 4.78 is 0. The van der Waals surface area contributed by atoms with E-state index >= 15 is 0 Å². The Bertz CT molecular complexity index is 589. The normalized spacial score (nSPS) is 20.4. The third-order valence-electron chi connectivity index (χ3n) is 5.03. The molecule has 0 spiro atoms. The maximum absolute atomic E-state index is 13.0. The van der Waals surface area contributed by atoms with Crippen molar-refractivity contribution in [3.63, 3.8) is 0 Å². The van der Waals surface area contributed by atoms with E-state index in [0.29, 0.717) is 12.5 Å². The molecule has 1 aromatic rings. The van der Waals surface area contributed by atoms with Crippen molar-refractivity contribution < 1.29 is 9.59 Å². The molecule has 1 N–H and O–H groups in total. The molecule has 0 unspecified atom stereocenters. The predicted octanol–water partition coefficient (Wildman–Crippen LogP) is 3.93. The Labute approximate surface area is 152 Å². The molecule has 1 aliphatic carbocycles. The summed E-state index contributed by atoms with van der Waals surface area (Å²) in [5, 5.41) is 3.03. The van der Waals surface area contributed by atoms with Gasteiger partial charge in [-0.25, -0.2) is 0 Å². The number of carbonyl (C=O) groups is 2. The van der Waals surface area contributed by atoms with E-state index in [1.165, 1.54) is 0 Å². The summed E-state index contributed by atoms with van der Waals surface area (Å²) in [6.45, 7) is 9.67. The lowest BCUT2D eigenvalue weighted by Crippen LogP contribution is -2.40. The number of benzene rings is 1. The van der Waals surface area contributed by atoms with Crippen molar-refractivity contribution in [3.05, 3.63) is 29.8 Å². The Kier molecular flexibility index (Phi) is 7.03. The van der Waals surface area contributed by atoms with Crippen LogP contribution in [0.25, 0.3) is 0 Å². The predicted molar refractivity (Wildman–Crippen MR) is 103 cm³/mol. The molecule has 0 saturated heterocycles. The summed E-state index contributed by atoms with van der Waals surface area (Å²) in [6.07, 6.45) is 3.24. The van der Waals surface area contributed by atoms with Crippen LogP contribution in [0.15, 0.2) is 24.3 Å².